The van der Waals surface area contributed by atoms with Gasteiger partial charge in [-0.15, -0.1) is 0 Å². The summed E-state index contributed by atoms with van der Waals surface area (Å²) in [5, 5.41) is 0.893. The fourth-order valence-corrected chi connectivity index (χ4v) is 4.06. The topological polar surface area (TPSA) is 38.1 Å². The van der Waals surface area contributed by atoms with Gasteiger partial charge in [0.25, 0.3) is 0 Å². The molecule has 0 radical (unpaired) electrons. The molecule has 0 aliphatic heterocycles. The fraction of sp³-hybridized carbons (Fsp3) is 0.500. The minimum absolute atomic E-state index is 0.273. The second kappa shape index (κ2) is 6.87. The summed E-state index contributed by atoms with van der Waals surface area (Å²) in [5.74, 6) is 1.51. The number of hydrogen-bond acceptors (Lipinski definition) is 3. The van der Waals surface area contributed by atoms with E-state index in [0.29, 0.717) is 11.8 Å². The summed E-state index contributed by atoms with van der Waals surface area (Å²) in [4.78, 5) is 19.3. The van der Waals surface area contributed by atoms with Crippen LogP contribution in [0.2, 0.25) is 0 Å². The highest BCUT2D eigenvalue weighted by atomic mass is 32.2. The number of carbonyl (C=O) groups excluding carboxylic acids is 1. The monoisotopic (exact) mass is 355 g/mol. The molecule has 0 spiro atoms. The molecule has 5 heteroatoms. The van der Waals surface area contributed by atoms with Crippen LogP contribution < -0.4 is 0 Å². The molecule has 2 aromatic rings. The van der Waals surface area contributed by atoms with Gasteiger partial charge in [0, 0.05) is 25.0 Å². The van der Waals surface area contributed by atoms with Gasteiger partial charge in [-0.1, -0.05) is 23.9 Å². The lowest BCUT2D eigenvalue weighted by Gasteiger charge is -2.22. The zero-order chi connectivity index (χ0) is 17.4. The van der Waals surface area contributed by atoms with Gasteiger partial charge in [-0.25, -0.2) is 4.98 Å². The highest BCUT2D eigenvalue weighted by Crippen LogP contribution is 2.35. The van der Waals surface area contributed by atoms with Gasteiger partial charge in [-0.3, -0.25) is 9.36 Å². The summed E-state index contributed by atoms with van der Waals surface area (Å²) >= 11 is 1.55. The predicted molar refractivity (Wildman–Crippen MR) is 101 cm³/mol. The molecule has 4 rings (SSSR count). The highest BCUT2D eigenvalue weighted by molar-refractivity contribution is 7.99. The van der Waals surface area contributed by atoms with E-state index in [0.717, 1.165) is 23.3 Å². The smallest absolute Gasteiger partial charge is 0.233 e. The quantitative estimate of drug-likeness (QED) is 0.705. The molecule has 0 atom stereocenters. The first-order valence-electron chi connectivity index (χ1n) is 9.15. The Kier molecular flexibility index (Phi) is 4.59. The third-order valence-electron chi connectivity index (χ3n) is 5.23. The van der Waals surface area contributed by atoms with Crippen molar-refractivity contribution in [2.45, 2.75) is 50.7 Å². The number of nitrogens with zero attached hydrogens (tertiary/aromatic N) is 3. The van der Waals surface area contributed by atoms with E-state index in [1.807, 2.05) is 12.4 Å². The molecule has 4 nitrogen and oxygen atoms in total. The van der Waals surface area contributed by atoms with Gasteiger partial charge < -0.3 is 4.90 Å². The summed E-state index contributed by atoms with van der Waals surface area (Å²) in [5.41, 5.74) is 3.66. The Morgan fingerprint density at radius 2 is 2.08 bits per heavy atom. The lowest BCUT2D eigenvalue weighted by molar-refractivity contribution is -0.129. The SMILES string of the molecule is Cc1cccc(-n2ccnc2SCC(=O)N(CC2CC2)C2CC2)c1C. The third kappa shape index (κ3) is 3.76. The van der Waals surface area contributed by atoms with Gasteiger partial charge in [0.2, 0.25) is 5.91 Å². The van der Waals surface area contributed by atoms with E-state index < -0.39 is 0 Å². The molecule has 0 N–H and O–H groups in total. The molecule has 2 fully saturated rings. The molecule has 0 bridgehead atoms. The van der Waals surface area contributed by atoms with Gasteiger partial charge in [0.1, 0.15) is 0 Å². The van der Waals surface area contributed by atoms with Crippen molar-refractivity contribution in [1.82, 2.24) is 14.5 Å². The standard InChI is InChI=1S/C20H25N3OS/c1-14-4-3-5-18(15(14)2)22-11-10-21-20(22)25-13-19(24)23(17-8-9-17)12-16-6-7-16/h3-5,10-11,16-17H,6-9,12-13H2,1-2H3. The van der Waals surface area contributed by atoms with E-state index in [1.165, 1.54) is 36.8 Å². The van der Waals surface area contributed by atoms with Crippen LogP contribution in [0.25, 0.3) is 5.69 Å². The van der Waals surface area contributed by atoms with Crippen LogP contribution >= 0.6 is 11.8 Å². The number of rotatable bonds is 7. The van der Waals surface area contributed by atoms with Crippen molar-refractivity contribution in [2.75, 3.05) is 12.3 Å². The first-order chi connectivity index (χ1) is 12.1. The first-order valence-corrected chi connectivity index (χ1v) is 10.1. The molecule has 1 aromatic carbocycles. The van der Waals surface area contributed by atoms with E-state index in [4.69, 9.17) is 0 Å². The molecule has 1 heterocycles. The zero-order valence-corrected chi connectivity index (χ0v) is 15.8. The zero-order valence-electron chi connectivity index (χ0n) is 14.9. The van der Waals surface area contributed by atoms with Crippen molar-refractivity contribution in [2.24, 2.45) is 5.92 Å². The van der Waals surface area contributed by atoms with Gasteiger partial charge in [-0.2, -0.15) is 0 Å². The van der Waals surface area contributed by atoms with Crippen molar-refractivity contribution >= 4 is 17.7 Å². The van der Waals surface area contributed by atoms with Crippen molar-refractivity contribution in [3.63, 3.8) is 0 Å². The third-order valence-corrected chi connectivity index (χ3v) is 6.18. The Hall–Kier alpha value is -1.75. The van der Waals surface area contributed by atoms with Gasteiger partial charge in [-0.05, 0) is 62.6 Å². The van der Waals surface area contributed by atoms with E-state index in [1.54, 1.807) is 11.8 Å². The van der Waals surface area contributed by atoms with Crippen LogP contribution in [0, 0.1) is 19.8 Å². The van der Waals surface area contributed by atoms with Crippen LogP contribution in [0.3, 0.4) is 0 Å². The fourth-order valence-electron chi connectivity index (χ4n) is 3.20. The van der Waals surface area contributed by atoms with Crippen molar-refractivity contribution in [3.05, 3.63) is 41.7 Å². The van der Waals surface area contributed by atoms with Crippen molar-refractivity contribution < 1.29 is 4.79 Å². The van der Waals surface area contributed by atoms with E-state index in [-0.39, 0.29) is 5.91 Å². The summed E-state index contributed by atoms with van der Waals surface area (Å²) < 4.78 is 2.10. The molecule has 0 unspecified atom stereocenters. The normalized spacial score (nSPS) is 16.9. The number of carbonyl (C=O) groups is 1. The number of amides is 1. The second-order valence-electron chi connectivity index (χ2n) is 7.31. The Bertz CT molecular complexity index is 777. The molecule has 132 valence electrons. The maximum atomic E-state index is 12.7. The number of aryl methyl sites for hydroxylation is 1. The Morgan fingerprint density at radius 3 is 2.80 bits per heavy atom. The number of thioether (sulfide) groups is 1. The van der Waals surface area contributed by atoms with Crippen molar-refractivity contribution in [3.8, 4) is 5.69 Å². The molecular formula is C20H25N3OS. The predicted octanol–water partition coefficient (Wildman–Crippen LogP) is 3.98. The van der Waals surface area contributed by atoms with Crippen LogP contribution in [0.1, 0.15) is 36.8 Å². The Labute approximate surface area is 153 Å². The average molecular weight is 356 g/mol. The molecular weight excluding hydrogens is 330 g/mol. The first kappa shape index (κ1) is 16.7. The Morgan fingerprint density at radius 1 is 1.28 bits per heavy atom. The number of benzene rings is 1. The van der Waals surface area contributed by atoms with Crippen LogP contribution in [0.5, 0.6) is 0 Å². The summed E-state index contributed by atoms with van der Waals surface area (Å²) in [7, 11) is 0. The van der Waals surface area contributed by atoms with Crippen LogP contribution in [0.15, 0.2) is 35.7 Å². The average Bonchev–Trinajstić information content (AvgIpc) is 3.52. The largest absolute Gasteiger partial charge is 0.339 e. The molecule has 2 aliphatic rings. The summed E-state index contributed by atoms with van der Waals surface area (Å²) in [6, 6.07) is 6.81. The number of imidazole rings is 1. The van der Waals surface area contributed by atoms with Crippen LogP contribution in [-0.2, 0) is 4.79 Å². The summed E-state index contributed by atoms with van der Waals surface area (Å²) in [6.07, 6.45) is 8.75. The molecule has 0 saturated heterocycles. The maximum Gasteiger partial charge on any atom is 0.233 e. The maximum absolute atomic E-state index is 12.7. The molecule has 1 amide bonds. The van der Waals surface area contributed by atoms with Crippen LogP contribution in [0.4, 0.5) is 0 Å². The second-order valence-corrected chi connectivity index (χ2v) is 8.25. The van der Waals surface area contributed by atoms with Gasteiger partial charge in [0.05, 0.1) is 11.4 Å². The lowest BCUT2D eigenvalue weighted by Crippen LogP contribution is -2.36. The van der Waals surface area contributed by atoms with E-state index >= 15 is 0 Å². The number of hydrogen-bond donors (Lipinski definition) is 0. The molecule has 2 aliphatic carbocycles. The minimum atomic E-state index is 0.273. The van der Waals surface area contributed by atoms with E-state index in [9.17, 15) is 4.79 Å². The molecule has 2 saturated carbocycles. The lowest BCUT2D eigenvalue weighted by atomic mass is 10.1. The molecule has 25 heavy (non-hydrogen) atoms. The van der Waals surface area contributed by atoms with Gasteiger partial charge in [0.15, 0.2) is 5.16 Å². The van der Waals surface area contributed by atoms with Crippen LogP contribution in [-0.4, -0.2) is 38.7 Å². The number of aromatic nitrogens is 2. The Balaban J connectivity index is 1.45. The van der Waals surface area contributed by atoms with Crippen molar-refractivity contribution in [1.29, 1.82) is 0 Å². The van der Waals surface area contributed by atoms with E-state index in [2.05, 4.69) is 46.5 Å². The van der Waals surface area contributed by atoms with Gasteiger partial charge >= 0.3 is 0 Å². The highest BCUT2D eigenvalue weighted by Gasteiger charge is 2.36. The summed E-state index contributed by atoms with van der Waals surface area (Å²) in [6.45, 7) is 5.22. The molecule has 1 aromatic heterocycles. The minimum Gasteiger partial charge on any atom is -0.339 e.